The summed E-state index contributed by atoms with van der Waals surface area (Å²) in [7, 11) is 0. The second-order valence-corrected chi connectivity index (χ2v) is 7.13. The Morgan fingerprint density at radius 3 is 2.79 bits per heavy atom. The first kappa shape index (κ1) is 15.6. The highest BCUT2D eigenvalue weighted by molar-refractivity contribution is 5.21. The monoisotopic (exact) mass is 323 g/mol. The molecule has 4 rings (SSSR count). The normalized spacial score (nSPS) is 21.4. The Morgan fingerprint density at radius 1 is 1.08 bits per heavy atom. The van der Waals surface area contributed by atoms with Crippen LogP contribution < -0.4 is 5.56 Å². The first-order chi connectivity index (χ1) is 11.8. The molecule has 2 aliphatic rings. The molecule has 1 aromatic carbocycles. The Bertz CT molecular complexity index is 753. The SMILES string of the molecule is O=c1cc2c(nn1CN1CC[C@@H](c3ccccc3)C1)CCCCC2. The van der Waals surface area contributed by atoms with Gasteiger partial charge in [0, 0.05) is 19.2 Å². The molecule has 0 saturated carbocycles. The number of aromatic nitrogens is 2. The summed E-state index contributed by atoms with van der Waals surface area (Å²) in [5.41, 5.74) is 3.78. The second-order valence-electron chi connectivity index (χ2n) is 7.13. The van der Waals surface area contributed by atoms with Crippen LogP contribution in [0.2, 0.25) is 0 Å². The minimum absolute atomic E-state index is 0.0545. The van der Waals surface area contributed by atoms with E-state index in [1.807, 2.05) is 6.07 Å². The maximum Gasteiger partial charge on any atom is 0.268 e. The number of hydrogen-bond donors (Lipinski definition) is 0. The number of hydrogen-bond acceptors (Lipinski definition) is 3. The van der Waals surface area contributed by atoms with E-state index in [0.29, 0.717) is 12.6 Å². The molecule has 0 N–H and O–H groups in total. The summed E-state index contributed by atoms with van der Waals surface area (Å²) in [6.07, 6.45) is 6.81. The molecule has 0 amide bonds. The van der Waals surface area contributed by atoms with Gasteiger partial charge in [0.05, 0.1) is 12.4 Å². The van der Waals surface area contributed by atoms with Crippen molar-refractivity contribution in [1.82, 2.24) is 14.7 Å². The van der Waals surface area contributed by atoms with E-state index in [1.54, 1.807) is 4.68 Å². The molecule has 1 aliphatic carbocycles. The fourth-order valence-corrected chi connectivity index (χ4v) is 4.03. The zero-order valence-electron chi connectivity index (χ0n) is 14.2. The molecule has 2 aromatic rings. The van der Waals surface area contributed by atoms with E-state index in [4.69, 9.17) is 5.10 Å². The largest absolute Gasteiger partial charge is 0.284 e. The van der Waals surface area contributed by atoms with Gasteiger partial charge in [0.2, 0.25) is 0 Å². The summed E-state index contributed by atoms with van der Waals surface area (Å²) in [6.45, 7) is 2.66. The molecule has 1 aliphatic heterocycles. The predicted molar refractivity (Wildman–Crippen MR) is 95.1 cm³/mol. The van der Waals surface area contributed by atoms with Crippen molar-refractivity contribution in [2.75, 3.05) is 13.1 Å². The smallest absolute Gasteiger partial charge is 0.268 e. The summed E-state index contributed by atoms with van der Waals surface area (Å²) in [5, 5.41) is 4.70. The van der Waals surface area contributed by atoms with E-state index in [1.165, 1.54) is 30.4 Å². The van der Waals surface area contributed by atoms with Gasteiger partial charge in [-0.25, -0.2) is 4.68 Å². The van der Waals surface area contributed by atoms with Gasteiger partial charge in [0.25, 0.3) is 5.56 Å². The van der Waals surface area contributed by atoms with Crippen LogP contribution in [0.3, 0.4) is 0 Å². The van der Waals surface area contributed by atoms with Gasteiger partial charge in [-0.15, -0.1) is 0 Å². The van der Waals surface area contributed by atoms with Crippen LogP contribution >= 0.6 is 0 Å². The number of rotatable bonds is 3. The van der Waals surface area contributed by atoms with Gasteiger partial charge in [-0.2, -0.15) is 5.10 Å². The first-order valence-corrected chi connectivity index (χ1v) is 9.17. The molecule has 0 unspecified atom stereocenters. The second kappa shape index (κ2) is 6.89. The van der Waals surface area contributed by atoms with Crippen LogP contribution in [0.15, 0.2) is 41.2 Å². The minimum Gasteiger partial charge on any atom is -0.284 e. The Balaban J connectivity index is 1.48. The van der Waals surface area contributed by atoms with Gasteiger partial charge < -0.3 is 0 Å². The Labute approximate surface area is 143 Å². The lowest BCUT2D eigenvalue weighted by molar-refractivity contribution is 0.244. The van der Waals surface area contributed by atoms with E-state index < -0.39 is 0 Å². The quantitative estimate of drug-likeness (QED) is 0.815. The third kappa shape index (κ3) is 3.29. The van der Waals surface area contributed by atoms with Crippen molar-refractivity contribution in [3.8, 4) is 0 Å². The molecule has 0 radical (unpaired) electrons. The molecule has 126 valence electrons. The highest BCUT2D eigenvalue weighted by Crippen LogP contribution is 2.27. The zero-order chi connectivity index (χ0) is 16.4. The molecular formula is C20H25N3O. The number of aryl methyl sites for hydroxylation is 2. The molecule has 1 atom stereocenters. The highest BCUT2D eigenvalue weighted by Gasteiger charge is 2.24. The molecule has 4 heteroatoms. The third-order valence-corrected chi connectivity index (χ3v) is 5.40. The van der Waals surface area contributed by atoms with E-state index >= 15 is 0 Å². The molecule has 1 aromatic heterocycles. The van der Waals surface area contributed by atoms with Crippen molar-refractivity contribution in [2.45, 2.75) is 51.1 Å². The van der Waals surface area contributed by atoms with Crippen LogP contribution in [0.25, 0.3) is 0 Å². The van der Waals surface area contributed by atoms with Crippen molar-refractivity contribution in [1.29, 1.82) is 0 Å². The van der Waals surface area contributed by atoms with Crippen molar-refractivity contribution in [2.24, 2.45) is 0 Å². The van der Waals surface area contributed by atoms with Gasteiger partial charge in [-0.1, -0.05) is 36.8 Å². The summed E-state index contributed by atoms with van der Waals surface area (Å²) >= 11 is 0. The number of nitrogens with zero attached hydrogens (tertiary/aromatic N) is 3. The molecule has 1 fully saturated rings. The highest BCUT2D eigenvalue weighted by atomic mass is 16.1. The lowest BCUT2D eigenvalue weighted by atomic mass is 9.99. The maximum absolute atomic E-state index is 12.4. The Kier molecular flexibility index (Phi) is 4.48. The summed E-state index contributed by atoms with van der Waals surface area (Å²) in [5.74, 6) is 0.572. The molecule has 24 heavy (non-hydrogen) atoms. The first-order valence-electron chi connectivity index (χ1n) is 9.17. The van der Waals surface area contributed by atoms with Gasteiger partial charge >= 0.3 is 0 Å². The zero-order valence-corrected chi connectivity index (χ0v) is 14.2. The van der Waals surface area contributed by atoms with Crippen molar-refractivity contribution in [3.05, 3.63) is 63.6 Å². The molecule has 1 saturated heterocycles. The van der Waals surface area contributed by atoms with Gasteiger partial charge in [0.15, 0.2) is 0 Å². The molecule has 4 nitrogen and oxygen atoms in total. The molecular weight excluding hydrogens is 298 g/mol. The van der Waals surface area contributed by atoms with Gasteiger partial charge in [-0.05, 0) is 49.1 Å². The average Bonchev–Trinajstić information content (AvgIpc) is 2.95. The fourth-order valence-electron chi connectivity index (χ4n) is 4.03. The van der Waals surface area contributed by atoms with E-state index in [2.05, 4.69) is 35.2 Å². The van der Waals surface area contributed by atoms with Crippen LogP contribution in [-0.2, 0) is 19.5 Å². The van der Waals surface area contributed by atoms with Crippen molar-refractivity contribution >= 4 is 0 Å². The summed E-state index contributed by atoms with van der Waals surface area (Å²) in [4.78, 5) is 14.8. The Morgan fingerprint density at radius 2 is 1.92 bits per heavy atom. The molecule has 0 spiro atoms. The van der Waals surface area contributed by atoms with Gasteiger partial charge in [-0.3, -0.25) is 9.69 Å². The van der Waals surface area contributed by atoms with Crippen molar-refractivity contribution in [3.63, 3.8) is 0 Å². The van der Waals surface area contributed by atoms with Crippen molar-refractivity contribution < 1.29 is 0 Å². The van der Waals surface area contributed by atoms with E-state index in [9.17, 15) is 4.79 Å². The standard InChI is InChI=1S/C20H25N3O/c24-20-13-17-9-5-2-6-10-19(17)21-23(20)15-22-12-11-18(14-22)16-7-3-1-4-8-16/h1,3-4,7-8,13,18H,2,5-6,9-12,14-15H2/t18-/m1/s1. The van der Waals surface area contributed by atoms with E-state index in [0.717, 1.165) is 38.0 Å². The minimum atomic E-state index is 0.0545. The van der Waals surface area contributed by atoms with Crippen LogP contribution in [0.4, 0.5) is 0 Å². The van der Waals surface area contributed by atoms with Crippen LogP contribution in [0.1, 0.15) is 48.4 Å². The van der Waals surface area contributed by atoms with Gasteiger partial charge in [0.1, 0.15) is 0 Å². The van der Waals surface area contributed by atoms with E-state index in [-0.39, 0.29) is 5.56 Å². The fraction of sp³-hybridized carbons (Fsp3) is 0.500. The maximum atomic E-state index is 12.4. The number of fused-ring (bicyclic) bond motifs is 1. The predicted octanol–water partition coefficient (Wildman–Crippen LogP) is 2.96. The topological polar surface area (TPSA) is 38.1 Å². The summed E-state index contributed by atoms with van der Waals surface area (Å²) < 4.78 is 1.68. The third-order valence-electron chi connectivity index (χ3n) is 5.40. The molecule has 0 bridgehead atoms. The lowest BCUT2D eigenvalue weighted by Crippen LogP contribution is -2.33. The molecule has 2 heterocycles. The lowest BCUT2D eigenvalue weighted by Gasteiger charge is -2.18. The summed E-state index contributed by atoms with van der Waals surface area (Å²) in [6, 6.07) is 12.5. The van der Waals surface area contributed by atoms with Crippen LogP contribution in [0.5, 0.6) is 0 Å². The number of benzene rings is 1. The average molecular weight is 323 g/mol. The number of likely N-dealkylation sites (tertiary alicyclic amines) is 1. The van der Waals surface area contributed by atoms with Crippen LogP contribution in [0, 0.1) is 0 Å². The Hall–Kier alpha value is -1.94. The van der Waals surface area contributed by atoms with Crippen LogP contribution in [-0.4, -0.2) is 27.8 Å².